The van der Waals surface area contributed by atoms with Crippen molar-refractivity contribution in [3.63, 3.8) is 0 Å². The highest BCUT2D eigenvalue weighted by molar-refractivity contribution is 7.85. The molecule has 17 heavy (non-hydrogen) atoms. The molecule has 7 heteroatoms. The third-order valence-corrected chi connectivity index (χ3v) is 4.50. The van der Waals surface area contributed by atoms with E-state index >= 15 is 0 Å². The van der Waals surface area contributed by atoms with Crippen LogP contribution in [0.15, 0.2) is 23.4 Å². The maximum Gasteiger partial charge on any atom is 0.303 e. The average molecular weight is 255 g/mol. The fraction of sp³-hybridized carbons (Fsp3) is 0.500. The van der Waals surface area contributed by atoms with E-state index in [0.717, 1.165) is 25.9 Å². The Labute approximate surface area is 101 Å². The fourth-order valence-corrected chi connectivity index (χ4v) is 3.34. The zero-order chi connectivity index (χ0) is 12.3. The topological polar surface area (TPSA) is 85.1 Å². The van der Waals surface area contributed by atoms with Crippen LogP contribution in [0, 0.1) is 10.1 Å². The van der Waals surface area contributed by atoms with E-state index < -0.39 is 15.7 Å². The first-order valence-electron chi connectivity index (χ1n) is 5.41. The molecule has 1 atom stereocenters. The number of piperidine rings is 1. The average Bonchev–Trinajstić information content (AvgIpc) is 2.39. The Morgan fingerprint density at radius 3 is 2.82 bits per heavy atom. The molecule has 1 aromatic heterocycles. The van der Waals surface area contributed by atoms with E-state index in [0.29, 0.717) is 0 Å². The van der Waals surface area contributed by atoms with Crippen LogP contribution in [0.3, 0.4) is 0 Å². The molecule has 1 saturated heterocycles. The van der Waals surface area contributed by atoms with Crippen LogP contribution in [0.5, 0.6) is 0 Å². The molecular formula is C10H13N3O3S. The van der Waals surface area contributed by atoms with Crippen LogP contribution in [0.4, 0.5) is 5.69 Å². The van der Waals surface area contributed by atoms with Gasteiger partial charge in [-0.3, -0.25) is 14.3 Å². The lowest BCUT2D eigenvalue weighted by molar-refractivity contribution is -0.388. The summed E-state index contributed by atoms with van der Waals surface area (Å²) in [6, 6.07) is 2.84. The molecule has 1 N–H and O–H groups in total. The Kier molecular flexibility index (Phi) is 3.80. The second kappa shape index (κ2) is 5.33. The SMILES string of the molecule is O=[N+]([O-])c1cccnc1[S@](=O)C1CCNCC1. The van der Waals surface area contributed by atoms with E-state index in [1.165, 1.54) is 18.3 Å². The maximum absolute atomic E-state index is 12.2. The summed E-state index contributed by atoms with van der Waals surface area (Å²) in [5.74, 6) is 0. The summed E-state index contributed by atoms with van der Waals surface area (Å²) in [5.41, 5.74) is -0.149. The van der Waals surface area contributed by atoms with Gasteiger partial charge >= 0.3 is 5.69 Å². The van der Waals surface area contributed by atoms with Crippen molar-refractivity contribution in [2.24, 2.45) is 0 Å². The minimum atomic E-state index is -1.39. The van der Waals surface area contributed by atoms with E-state index in [-0.39, 0.29) is 16.0 Å². The molecule has 0 aromatic carbocycles. The van der Waals surface area contributed by atoms with E-state index in [1.54, 1.807) is 0 Å². The highest BCUT2D eigenvalue weighted by Crippen LogP contribution is 2.24. The van der Waals surface area contributed by atoms with Gasteiger partial charge in [0.05, 0.1) is 15.7 Å². The van der Waals surface area contributed by atoms with Crippen LogP contribution < -0.4 is 5.32 Å². The minimum absolute atomic E-state index is 0.0372. The number of nitrogens with one attached hydrogen (secondary N) is 1. The molecule has 0 amide bonds. The lowest BCUT2D eigenvalue weighted by atomic mass is 10.2. The first kappa shape index (κ1) is 12.1. The molecule has 2 rings (SSSR count). The monoisotopic (exact) mass is 255 g/mol. The number of hydrogen-bond donors (Lipinski definition) is 1. The van der Waals surface area contributed by atoms with E-state index in [4.69, 9.17) is 0 Å². The largest absolute Gasteiger partial charge is 0.317 e. The number of rotatable bonds is 3. The van der Waals surface area contributed by atoms with Gasteiger partial charge in [0.1, 0.15) is 0 Å². The predicted octanol–water partition coefficient (Wildman–Crippen LogP) is 0.849. The molecule has 92 valence electrons. The Morgan fingerprint density at radius 1 is 1.47 bits per heavy atom. The third kappa shape index (κ3) is 2.67. The summed E-state index contributed by atoms with van der Waals surface area (Å²) in [4.78, 5) is 14.2. The zero-order valence-corrected chi connectivity index (χ0v) is 9.98. The molecule has 1 aliphatic rings. The number of aromatic nitrogens is 1. The van der Waals surface area contributed by atoms with Crippen molar-refractivity contribution >= 4 is 16.5 Å². The molecule has 0 saturated carbocycles. The Hall–Kier alpha value is -1.34. The van der Waals surface area contributed by atoms with Crippen LogP contribution in [-0.4, -0.2) is 32.5 Å². The van der Waals surface area contributed by atoms with Crippen LogP contribution in [0.25, 0.3) is 0 Å². The molecule has 0 radical (unpaired) electrons. The summed E-state index contributed by atoms with van der Waals surface area (Å²) in [6.07, 6.45) is 2.97. The van der Waals surface area contributed by atoms with Crippen molar-refractivity contribution in [1.29, 1.82) is 0 Å². The first-order chi connectivity index (χ1) is 8.20. The molecule has 0 unspecified atom stereocenters. The van der Waals surface area contributed by atoms with Crippen LogP contribution in [0.1, 0.15) is 12.8 Å². The number of hydrogen-bond acceptors (Lipinski definition) is 5. The maximum atomic E-state index is 12.2. The number of nitro groups is 1. The Morgan fingerprint density at radius 2 is 2.18 bits per heavy atom. The molecule has 0 bridgehead atoms. The lowest BCUT2D eigenvalue weighted by Crippen LogP contribution is -2.33. The number of nitrogens with zero attached hydrogens (tertiary/aromatic N) is 2. The zero-order valence-electron chi connectivity index (χ0n) is 9.17. The van der Waals surface area contributed by atoms with E-state index in [2.05, 4.69) is 10.3 Å². The van der Waals surface area contributed by atoms with Crippen molar-refractivity contribution in [3.8, 4) is 0 Å². The van der Waals surface area contributed by atoms with Crippen LogP contribution in [0.2, 0.25) is 0 Å². The second-order valence-electron chi connectivity index (χ2n) is 3.83. The van der Waals surface area contributed by atoms with Gasteiger partial charge in [0.2, 0.25) is 5.03 Å². The molecule has 1 aromatic rings. The molecule has 0 aliphatic carbocycles. The summed E-state index contributed by atoms with van der Waals surface area (Å²) in [7, 11) is -1.39. The minimum Gasteiger partial charge on any atom is -0.317 e. The fourth-order valence-electron chi connectivity index (χ4n) is 1.84. The highest BCUT2D eigenvalue weighted by atomic mass is 32.2. The summed E-state index contributed by atoms with van der Waals surface area (Å²) < 4.78 is 12.2. The van der Waals surface area contributed by atoms with E-state index in [1.807, 2.05) is 0 Å². The van der Waals surface area contributed by atoms with Crippen molar-refractivity contribution in [2.45, 2.75) is 23.1 Å². The predicted molar refractivity (Wildman–Crippen MR) is 63.2 cm³/mol. The van der Waals surface area contributed by atoms with Gasteiger partial charge in [0.25, 0.3) is 0 Å². The summed E-state index contributed by atoms with van der Waals surface area (Å²) in [6.45, 7) is 1.61. The molecule has 0 spiro atoms. The second-order valence-corrected chi connectivity index (χ2v) is 5.48. The van der Waals surface area contributed by atoms with Crippen LogP contribution in [-0.2, 0) is 10.8 Å². The van der Waals surface area contributed by atoms with Crippen molar-refractivity contribution in [3.05, 3.63) is 28.4 Å². The van der Waals surface area contributed by atoms with Crippen molar-refractivity contribution < 1.29 is 9.13 Å². The van der Waals surface area contributed by atoms with Gasteiger partial charge in [0.15, 0.2) is 0 Å². The number of pyridine rings is 1. The van der Waals surface area contributed by atoms with Gasteiger partial charge in [-0.15, -0.1) is 0 Å². The van der Waals surface area contributed by atoms with Gasteiger partial charge in [-0.05, 0) is 32.0 Å². The van der Waals surface area contributed by atoms with E-state index in [9.17, 15) is 14.3 Å². The van der Waals surface area contributed by atoms with Crippen molar-refractivity contribution in [1.82, 2.24) is 10.3 Å². The Balaban J connectivity index is 2.26. The van der Waals surface area contributed by atoms with Gasteiger partial charge in [0, 0.05) is 17.5 Å². The quantitative estimate of drug-likeness (QED) is 0.639. The highest BCUT2D eigenvalue weighted by Gasteiger charge is 2.27. The molecular weight excluding hydrogens is 242 g/mol. The van der Waals surface area contributed by atoms with Crippen LogP contribution >= 0.6 is 0 Å². The summed E-state index contributed by atoms with van der Waals surface area (Å²) >= 11 is 0. The standard InChI is InChI=1S/C10H13N3O3S/c14-13(15)9-2-1-5-12-10(9)17(16)8-3-6-11-7-4-8/h1-2,5,8,11H,3-4,6-7H2/t17-/m1/s1. The van der Waals surface area contributed by atoms with Crippen molar-refractivity contribution in [2.75, 3.05) is 13.1 Å². The molecule has 1 fully saturated rings. The lowest BCUT2D eigenvalue weighted by Gasteiger charge is -2.21. The smallest absolute Gasteiger partial charge is 0.303 e. The van der Waals surface area contributed by atoms with Gasteiger partial charge in [-0.2, -0.15) is 0 Å². The third-order valence-electron chi connectivity index (χ3n) is 2.73. The Bertz CT molecular complexity index is 446. The van der Waals surface area contributed by atoms with Gasteiger partial charge in [-0.25, -0.2) is 4.98 Å². The molecule has 1 aliphatic heterocycles. The van der Waals surface area contributed by atoms with Gasteiger partial charge in [-0.1, -0.05) is 0 Å². The normalized spacial score (nSPS) is 18.8. The first-order valence-corrected chi connectivity index (χ1v) is 6.62. The van der Waals surface area contributed by atoms with Gasteiger partial charge < -0.3 is 5.32 Å². The molecule has 2 heterocycles. The summed E-state index contributed by atoms with van der Waals surface area (Å²) in [5, 5.41) is 14.1. The molecule has 6 nitrogen and oxygen atoms in total.